The Hall–Kier alpha value is -2.05. The smallest absolute Gasteiger partial charge is 0.271 e. The van der Waals surface area contributed by atoms with Crippen LogP contribution in [0, 0.1) is 0 Å². The topological polar surface area (TPSA) is 70.9 Å². The monoisotopic (exact) mass is 382 g/mol. The van der Waals surface area contributed by atoms with Crippen molar-refractivity contribution in [1.82, 2.24) is 5.43 Å². The van der Waals surface area contributed by atoms with Crippen molar-refractivity contribution in [2.24, 2.45) is 5.10 Å². The number of phenolic OH excluding ortho intramolecular Hbond substituents is 1. The highest BCUT2D eigenvalue weighted by Crippen LogP contribution is 2.31. The first-order valence-corrected chi connectivity index (χ1v) is 7.34. The van der Waals surface area contributed by atoms with Crippen LogP contribution in [0.5, 0.6) is 11.5 Å². The van der Waals surface area contributed by atoms with Crippen molar-refractivity contribution in [3.05, 3.63) is 57.0 Å². The van der Waals surface area contributed by atoms with Crippen LogP contribution in [-0.4, -0.2) is 24.3 Å². The van der Waals surface area contributed by atoms with E-state index in [1.807, 2.05) is 0 Å². The largest absolute Gasteiger partial charge is 0.506 e. The lowest BCUT2D eigenvalue weighted by molar-refractivity contribution is 0.0955. The third-order valence-corrected chi connectivity index (χ3v) is 3.63. The van der Waals surface area contributed by atoms with Crippen LogP contribution < -0.4 is 10.2 Å². The molecule has 2 aromatic rings. The molecule has 2 N–H and O–H groups in total. The first-order chi connectivity index (χ1) is 10.5. The lowest BCUT2D eigenvalue weighted by atomic mass is 10.2. The predicted molar refractivity (Wildman–Crippen MR) is 88.9 cm³/mol. The Balaban J connectivity index is 2.11. The van der Waals surface area contributed by atoms with Crippen LogP contribution in [0.25, 0.3) is 0 Å². The number of nitrogens with one attached hydrogen (secondary N) is 1. The second-order valence-electron chi connectivity index (χ2n) is 4.25. The Morgan fingerprint density at radius 3 is 2.68 bits per heavy atom. The summed E-state index contributed by atoms with van der Waals surface area (Å²) in [5.74, 6) is 0.176. The van der Waals surface area contributed by atoms with E-state index in [1.54, 1.807) is 36.4 Å². The molecule has 0 heterocycles. The quantitative estimate of drug-likeness (QED) is 0.626. The van der Waals surface area contributed by atoms with E-state index in [2.05, 4.69) is 26.5 Å². The number of hydrazone groups is 1. The Morgan fingerprint density at radius 2 is 2.05 bits per heavy atom. The molecule has 0 atom stereocenters. The van der Waals surface area contributed by atoms with Gasteiger partial charge in [0.15, 0.2) is 0 Å². The SMILES string of the molecule is COc1cc(Br)c(O)c(/C=N\NC(=O)c2ccc(Cl)cc2)c1. The van der Waals surface area contributed by atoms with Gasteiger partial charge in [-0.25, -0.2) is 5.43 Å². The lowest BCUT2D eigenvalue weighted by Gasteiger charge is -2.06. The summed E-state index contributed by atoms with van der Waals surface area (Å²) in [6, 6.07) is 9.63. The van der Waals surface area contributed by atoms with Gasteiger partial charge in [-0.2, -0.15) is 5.10 Å². The highest BCUT2D eigenvalue weighted by Gasteiger charge is 2.07. The number of nitrogens with zero attached hydrogens (tertiary/aromatic N) is 1. The summed E-state index contributed by atoms with van der Waals surface area (Å²) in [5.41, 5.74) is 3.20. The number of amides is 1. The second-order valence-corrected chi connectivity index (χ2v) is 5.54. The molecule has 0 saturated carbocycles. The van der Waals surface area contributed by atoms with E-state index < -0.39 is 0 Å². The summed E-state index contributed by atoms with van der Waals surface area (Å²) in [6.45, 7) is 0. The van der Waals surface area contributed by atoms with Gasteiger partial charge in [-0.05, 0) is 52.3 Å². The van der Waals surface area contributed by atoms with E-state index in [9.17, 15) is 9.90 Å². The minimum Gasteiger partial charge on any atom is -0.506 e. The van der Waals surface area contributed by atoms with Crippen molar-refractivity contribution >= 4 is 39.7 Å². The number of phenols is 1. The molecule has 114 valence electrons. The van der Waals surface area contributed by atoms with Gasteiger partial charge in [0.05, 0.1) is 17.8 Å². The standard InChI is InChI=1S/C15H12BrClN2O3/c1-22-12-6-10(14(20)13(16)7-12)8-18-19-15(21)9-2-4-11(17)5-3-9/h2-8,20H,1H3,(H,19,21)/b18-8-. The van der Waals surface area contributed by atoms with Crippen LogP contribution in [0.1, 0.15) is 15.9 Å². The molecule has 22 heavy (non-hydrogen) atoms. The van der Waals surface area contributed by atoms with Crippen molar-refractivity contribution in [2.75, 3.05) is 7.11 Å². The number of carbonyl (C=O) groups is 1. The Labute approximate surface area is 140 Å². The molecule has 0 bridgehead atoms. The number of ether oxygens (including phenoxy) is 1. The van der Waals surface area contributed by atoms with E-state index >= 15 is 0 Å². The zero-order valence-corrected chi connectivity index (χ0v) is 13.9. The fourth-order valence-electron chi connectivity index (χ4n) is 1.64. The Bertz CT molecular complexity index is 717. The van der Waals surface area contributed by atoms with Crippen LogP contribution in [0.3, 0.4) is 0 Å². The third-order valence-electron chi connectivity index (χ3n) is 2.78. The lowest BCUT2D eigenvalue weighted by Crippen LogP contribution is -2.17. The highest BCUT2D eigenvalue weighted by molar-refractivity contribution is 9.10. The molecule has 0 aliphatic heterocycles. The maximum Gasteiger partial charge on any atom is 0.271 e. The maximum atomic E-state index is 11.9. The third kappa shape index (κ3) is 3.99. The van der Waals surface area contributed by atoms with Gasteiger partial charge in [-0.1, -0.05) is 11.6 Å². The average molecular weight is 384 g/mol. The van der Waals surface area contributed by atoms with Gasteiger partial charge < -0.3 is 9.84 Å². The molecule has 5 nitrogen and oxygen atoms in total. The first-order valence-electron chi connectivity index (χ1n) is 6.16. The number of carbonyl (C=O) groups excluding carboxylic acids is 1. The van der Waals surface area contributed by atoms with Gasteiger partial charge in [0.1, 0.15) is 11.5 Å². The summed E-state index contributed by atoms with van der Waals surface area (Å²) in [4.78, 5) is 11.9. The second kappa shape index (κ2) is 7.29. The number of halogens is 2. The predicted octanol–water partition coefficient (Wildman–Crippen LogP) is 3.58. The van der Waals surface area contributed by atoms with E-state index in [-0.39, 0.29) is 11.7 Å². The normalized spacial score (nSPS) is 10.7. The number of hydrogen-bond acceptors (Lipinski definition) is 4. The molecule has 0 aliphatic rings. The van der Waals surface area contributed by atoms with E-state index in [1.165, 1.54) is 13.3 Å². The molecule has 0 spiro atoms. The van der Waals surface area contributed by atoms with Crippen LogP contribution in [0.4, 0.5) is 0 Å². The van der Waals surface area contributed by atoms with Crippen LogP contribution >= 0.6 is 27.5 Å². The van der Waals surface area contributed by atoms with E-state index in [0.29, 0.717) is 26.4 Å². The molecule has 1 amide bonds. The molecule has 0 saturated heterocycles. The van der Waals surface area contributed by atoms with Crippen LogP contribution in [0.2, 0.25) is 5.02 Å². The first kappa shape index (κ1) is 16.3. The zero-order valence-electron chi connectivity index (χ0n) is 11.5. The molecule has 0 aromatic heterocycles. The molecular formula is C15H12BrClN2O3. The number of methoxy groups -OCH3 is 1. The van der Waals surface area contributed by atoms with Crippen molar-refractivity contribution < 1.29 is 14.6 Å². The fourth-order valence-corrected chi connectivity index (χ4v) is 2.22. The minimum absolute atomic E-state index is 0.00490. The molecule has 7 heteroatoms. The number of hydrogen-bond donors (Lipinski definition) is 2. The van der Waals surface area contributed by atoms with Crippen molar-refractivity contribution in [1.29, 1.82) is 0 Å². The van der Waals surface area contributed by atoms with Crippen LogP contribution in [0.15, 0.2) is 46.0 Å². The number of benzene rings is 2. The Morgan fingerprint density at radius 1 is 1.36 bits per heavy atom. The van der Waals surface area contributed by atoms with Crippen molar-refractivity contribution in [2.45, 2.75) is 0 Å². The number of aromatic hydroxyl groups is 1. The van der Waals surface area contributed by atoms with Gasteiger partial charge in [0.25, 0.3) is 5.91 Å². The average Bonchev–Trinajstić information content (AvgIpc) is 2.51. The molecular weight excluding hydrogens is 372 g/mol. The van der Waals surface area contributed by atoms with Gasteiger partial charge in [-0.3, -0.25) is 4.79 Å². The van der Waals surface area contributed by atoms with Gasteiger partial charge in [0.2, 0.25) is 0 Å². The maximum absolute atomic E-state index is 11.9. The van der Waals surface area contributed by atoms with Gasteiger partial charge >= 0.3 is 0 Å². The summed E-state index contributed by atoms with van der Waals surface area (Å²) in [6.07, 6.45) is 1.33. The molecule has 2 rings (SSSR count). The molecule has 2 aromatic carbocycles. The molecule has 0 unspecified atom stereocenters. The summed E-state index contributed by atoms with van der Waals surface area (Å²) in [5, 5.41) is 14.3. The summed E-state index contributed by atoms with van der Waals surface area (Å²) < 4.78 is 5.57. The van der Waals surface area contributed by atoms with E-state index in [4.69, 9.17) is 16.3 Å². The van der Waals surface area contributed by atoms with Crippen molar-refractivity contribution in [3.63, 3.8) is 0 Å². The van der Waals surface area contributed by atoms with Crippen molar-refractivity contribution in [3.8, 4) is 11.5 Å². The fraction of sp³-hybridized carbons (Fsp3) is 0.0667. The highest BCUT2D eigenvalue weighted by atomic mass is 79.9. The zero-order chi connectivity index (χ0) is 16.1. The van der Waals surface area contributed by atoms with Gasteiger partial charge in [-0.15, -0.1) is 0 Å². The van der Waals surface area contributed by atoms with Crippen LogP contribution in [-0.2, 0) is 0 Å². The molecule has 0 fully saturated rings. The summed E-state index contributed by atoms with van der Waals surface area (Å²) in [7, 11) is 1.52. The molecule has 0 radical (unpaired) electrons. The minimum atomic E-state index is -0.380. The number of rotatable bonds is 4. The summed E-state index contributed by atoms with van der Waals surface area (Å²) >= 11 is 8.97. The Kier molecular flexibility index (Phi) is 5.41. The van der Waals surface area contributed by atoms with E-state index in [0.717, 1.165) is 0 Å². The molecule has 0 aliphatic carbocycles. The van der Waals surface area contributed by atoms with Gasteiger partial charge in [0, 0.05) is 16.1 Å².